The van der Waals surface area contributed by atoms with Gasteiger partial charge >= 0.3 is 0 Å². The van der Waals surface area contributed by atoms with Gasteiger partial charge in [0.05, 0.1) is 21.2 Å². The zero-order valence-corrected chi connectivity index (χ0v) is 21.6. The predicted molar refractivity (Wildman–Crippen MR) is 134 cm³/mol. The summed E-state index contributed by atoms with van der Waals surface area (Å²) in [5, 5.41) is 0. The monoisotopic (exact) mass is 592 g/mol. The quantitative estimate of drug-likeness (QED) is 0.212. The van der Waals surface area contributed by atoms with Gasteiger partial charge in [-0.25, -0.2) is 34.8 Å². The second-order valence-electron chi connectivity index (χ2n) is 9.37. The first-order valence-electron chi connectivity index (χ1n) is 12.1. The van der Waals surface area contributed by atoms with Crippen LogP contribution in [0.4, 0.5) is 37.7 Å². The van der Waals surface area contributed by atoms with Gasteiger partial charge in [0, 0.05) is 24.2 Å². The number of ether oxygens (including phenoxy) is 2. The van der Waals surface area contributed by atoms with Crippen LogP contribution in [0, 0.1) is 34.9 Å². The fraction of sp³-hybridized carbons (Fsp3) is 0.143. The van der Waals surface area contributed by atoms with E-state index in [1.807, 2.05) is 0 Å². The van der Waals surface area contributed by atoms with Crippen molar-refractivity contribution in [2.75, 3.05) is 23.3 Å². The van der Waals surface area contributed by atoms with Gasteiger partial charge in [0.2, 0.25) is 9.84 Å². The molecule has 0 fully saturated rings. The Morgan fingerprint density at radius 1 is 0.561 bits per heavy atom. The van der Waals surface area contributed by atoms with Crippen LogP contribution < -0.4 is 19.3 Å². The van der Waals surface area contributed by atoms with E-state index in [9.17, 15) is 34.8 Å². The Balaban J connectivity index is 1.29. The summed E-state index contributed by atoms with van der Waals surface area (Å²) >= 11 is 0. The average molecular weight is 593 g/mol. The maximum absolute atomic E-state index is 14.4. The third kappa shape index (κ3) is 4.59. The fourth-order valence-corrected chi connectivity index (χ4v) is 6.10. The maximum atomic E-state index is 14.4. The number of hydrogen-bond acceptors (Lipinski definition) is 6. The maximum Gasteiger partial charge on any atom is 0.206 e. The zero-order valence-electron chi connectivity index (χ0n) is 20.8. The van der Waals surface area contributed by atoms with E-state index in [1.54, 1.807) is 0 Å². The van der Waals surface area contributed by atoms with Crippen LogP contribution in [0.3, 0.4) is 0 Å². The number of hydrogen-bond donors (Lipinski definition) is 0. The molecule has 0 spiro atoms. The minimum atomic E-state index is -4.13. The van der Waals surface area contributed by atoms with Crippen molar-refractivity contribution in [3.63, 3.8) is 0 Å². The van der Waals surface area contributed by atoms with Gasteiger partial charge in [-0.1, -0.05) is 0 Å². The van der Waals surface area contributed by atoms with E-state index in [0.717, 1.165) is 24.3 Å². The van der Waals surface area contributed by atoms with Gasteiger partial charge in [-0.3, -0.25) is 0 Å². The summed E-state index contributed by atoms with van der Waals surface area (Å²) in [4.78, 5) is 2.35. The van der Waals surface area contributed by atoms with Crippen LogP contribution in [-0.2, 0) is 22.9 Å². The summed E-state index contributed by atoms with van der Waals surface area (Å²) in [5.74, 6) is -8.06. The topological polar surface area (TPSA) is 59.1 Å². The second-order valence-corrected chi connectivity index (χ2v) is 11.3. The van der Waals surface area contributed by atoms with Gasteiger partial charge in [0.15, 0.2) is 48.4 Å². The molecule has 2 aliphatic heterocycles. The summed E-state index contributed by atoms with van der Waals surface area (Å²) in [6.07, 6.45) is 0. The van der Waals surface area contributed by atoms with Crippen LogP contribution in [0.1, 0.15) is 11.1 Å². The van der Waals surface area contributed by atoms with Crippen LogP contribution in [0.15, 0.2) is 70.5 Å². The largest absolute Gasteiger partial charge is 0.473 e. The molecule has 0 unspecified atom stereocenters. The third-order valence-electron chi connectivity index (χ3n) is 6.87. The van der Waals surface area contributed by atoms with Gasteiger partial charge < -0.3 is 19.3 Å². The minimum absolute atomic E-state index is 0.0481. The molecule has 0 atom stereocenters. The smallest absolute Gasteiger partial charge is 0.206 e. The summed E-state index contributed by atoms with van der Waals surface area (Å²) in [7, 11) is -4.13. The molecule has 4 aromatic carbocycles. The fourth-order valence-electron chi connectivity index (χ4n) is 4.74. The van der Waals surface area contributed by atoms with Gasteiger partial charge in [-0.05, 0) is 60.7 Å². The van der Waals surface area contributed by atoms with Crippen molar-refractivity contribution in [3.05, 3.63) is 107 Å². The molecule has 4 aromatic rings. The standard InChI is InChI=1S/C28H18F6N2O4S/c29-19-3-5-21(27(33)25(19)31)35-11-15-9-17(1-7-23(15)39-13-35)41(37,38)18-2-8-24-16(10-18)12-36(14-40-24)22-6-4-20(30)26(32)28(22)34/h1-10H,11-14H2. The number of halogens is 6. The van der Waals surface area contributed by atoms with E-state index in [1.165, 1.54) is 46.2 Å². The van der Waals surface area contributed by atoms with Crippen molar-refractivity contribution >= 4 is 21.2 Å². The molecule has 0 amide bonds. The molecule has 0 saturated carbocycles. The number of benzene rings is 4. The molecule has 0 aromatic heterocycles. The van der Waals surface area contributed by atoms with Crippen molar-refractivity contribution in [1.82, 2.24) is 0 Å². The first kappa shape index (κ1) is 26.8. The van der Waals surface area contributed by atoms with Crippen LogP contribution in [0.5, 0.6) is 11.5 Å². The van der Waals surface area contributed by atoms with Crippen LogP contribution >= 0.6 is 0 Å². The molecule has 13 heteroatoms. The van der Waals surface area contributed by atoms with Gasteiger partial charge in [-0.15, -0.1) is 0 Å². The van der Waals surface area contributed by atoms with Crippen molar-refractivity contribution < 1.29 is 44.2 Å². The van der Waals surface area contributed by atoms with E-state index in [2.05, 4.69) is 0 Å². The Hall–Kier alpha value is -4.39. The van der Waals surface area contributed by atoms with Gasteiger partial charge in [-0.2, -0.15) is 0 Å². The molecule has 0 radical (unpaired) electrons. The van der Waals surface area contributed by atoms with Crippen LogP contribution in [0.25, 0.3) is 0 Å². The summed E-state index contributed by atoms with van der Waals surface area (Å²) < 4.78 is 121. The Labute approximate surface area is 229 Å². The predicted octanol–water partition coefficient (Wildman–Crippen LogP) is 6.07. The van der Waals surface area contributed by atoms with E-state index < -0.39 is 44.7 Å². The number of anilines is 2. The van der Waals surface area contributed by atoms with Gasteiger partial charge in [0.1, 0.15) is 11.5 Å². The molecule has 41 heavy (non-hydrogen) atoms. The number of rotatable bonds is 4. The first-order valence-corrected chi connectivity index (χ1v) is 13.6. The molecular formula is C28H18F6N2O4S. The summed E-state index contributed by atoms with van der Waals surface area (Å²) in [6.45, 7) is -0.456. The highest BCUT2D eigenvalue weighted by Gasteiger charge is 2.28. The molecule has 0 saturated heterocycles. The lowest BCUT2D eigenvalue weighted by molar-refractivity contribution is 0.286. The van der Waals surface area contributed by atoms with Crippen LogP contribution in [-0.4, -0.2) is 21.9 Å². The highest BCUT2D eigenvalue weighted by atomic mass is 32.2. The second kappa shape index (κ2) is 9.91. The molecule has 212 valence electrons. The molecule has 0 aliphatic carbocycles. The summed E-state index contributed by atoms with van der Waals surface area (Å²) in [5.41, 5.74) is 0.226. The summed E-state index contributed by atoms with van der Waals surface area (Å²) in [6, 6.07) is 11.9. The number of fused-ring (bicyclic) bond motifs is 2. The zero-order chi connectivity index (χ0) is 29.1. The lowest BCUT2D eigenvalue weighted by Gasteiger charge is -2.31. The van der Waals surface area contributed by atoms with Crippen molar-refractivity contribution in [3.8, 4) is 11.5 Å². The highest BCUT2D eigenvalue weighted by Crippen LogP contribution is 2.36. The van der Waals surface area contributed by atoms with E-state index in [0.29, 0.717) is 22.6 Å². The third-order valence-corrected chi connectivity index (χ3v) is 8.62. The van der Waals surface area contributed by atoms with E-state index >= 15 is 0 Å². The minimum Gasteiger partial charge on any atom is -0.473 e. The normalized spacial score (nSPS) is 14.7. The lowest BCUT2D eigenvalue weighted by Crippen LogP contribution is -2.33. The number of sulfone groups is 1. The Kier molecular flexibility index (Phi) is 6.48. The highest BCUT2D eigenvalue weighted by molar-refractivity contribution is 7.91. The first-order chi connectivity index (χ1) is 19.5. The molecule has 6 nitrogen and oxygen atoms in total. The van der Waals surface area contributed by atoms with Crippen molar-refractivity contribution in [2.24, 2.45) is 0 Å². The van der Waals surface area contributed by atoms with Crippen LogP contribution in [0.2, 0.25) is 0 Å². The van der Waals surface area contributed by atoms with Crippen molar-refractivity contribution in [1.29, 1.82) is 0 Å². The molecule has 2 heterocycles. The Morgan fingerprint density at radius 2 is 0.976 bits per heavy atom. The van der Waals surface area contributed by atoms with Gasteiger partial charge in [0.25, 0.3) is 0 Å². The molecular weight excluding hydrogens is 574 g/mol. The molecule has 2 aliphatic rings. The lowest BCUT2D eigenvalue weighted by atomic mass is 10.1. The Morgan fingerprint density at radius 3 is 1.39 bits per heavy atom. The SMILES string of the molecule is O=S(=O)(c1ccc2c(c1)CN(c1ccc(F)c(F)c1F)CO2)c1ccc2c(c1)CN(c1ccc(F)c(F)c1F)CO2. The van der Waals surface area contributed by atoms with E-state index in [-0.39, 0.29) is 47.7 Å². The molecule has 0 bridgehead atoms. The number of nitrogens with zero attached hydrogens (tertiary/aromatic N) is 2. The average Bonchev–Trinajstić information content (AvgIpc) is 2.97. The van der Waals surface area contributed by atoms with Crippen molar-refractivity contribution in [2.45, 2.75) is 22.9 Å². The Bertz CT molecular complexity index is 1690. The molecule has 6 rings (SSSR count). The molecule has 0 N–H and O–H groups in total. The van der Waals surface area contributed by atoms with E-state index in [4.69, 9.17) is 9.47 Å².